The monoisotopic (exact) mass is 328 g/mol. The molecule has 0 aliphatic heterocycles. The smallest absolute Gasteiger partial charge is 0.257 e. The summed E-state index contributed by atoms with van der Waals surface area (Å²) in [7, 11) is 0. The first-order chi connectivity index (χ1) is 10.8. The SMILES string of the molecule is CSc1cc(C(=O)Nc2nc(-c3ccccc3)ns2)ccn1. The molecule has 2 heterocycles. The molecule has 2 aromatic heterocycles. The van der Waals surface area contributed by atoms with Crippen LogP contribution in [0.15, 0.2) is 53.7 Å². The van der Waals surface area contributed by atoms with E-state index in [1.54, 1.807) is 18.3 Å². The maximum Gasteiger partial charge on any atom is 0.257 e. The molecule has 0 saturated carbocycles. The van der Waals surface area contributed by atoms with Crippen LogP contribution in [-0.2, 0) is 0 Å². The van der Waals surface area contributed by atoms with Crippen LogP contribution in [0.2, 0.25) is 0 Å². The van der Waals surface area contributed by atoms with E-state index in [4.69, 9.17) is 0 Å². The number of hydrogen-bond acceptors (Lipinski definition) is 6. The molecule has 3 aromatic rings. The van der Waals surface area contributed by atoms with Gasteiger partial charge in [0.2, 0.25) is 5.13 Å². The van der Waals surface area contributed by atoms with Crippen LogP contribution >= 0.6 is 23.3 Å². The number of benzene rings is 1. The molecule has 0 unspecified atom stereocenters. The van der Waals surface area contributed by atoms with Crippen LogP contribution in [0.25, 0.3) is 11.4 Å². The Hall–Kier alpha value is -2.25. The number of aromatic nitrogens is 3. The van der Waals surface area contributed by atoms with Crippen LogP contribution in [0, 0.1) is 0 Å². The number of amides is 1. The third-order valence-electron chi connectivity index (χ3n) is 2.88. The highest BCUT2D eigenvalue weighted by molar-refractivity contribution is 7.98. The lowest BCUT2D eigenvalue weighted by Crippen LogP contribution is -2.11. The first-order valence-electron chi connectivity index (χ1n) is 6.47. The summed E-state index contributed by atoms with van der Waals surface area (Å²) in [5.74, 6) is 0.397. The fourth-order valence-corrected chi connectivity index (χ4v) is 2.81. The van der Waals surface area contributed by atoms with E-state index in [-0.39, 0.29) is 5.91 Å². The Morgan fingerprint density at radius 1 is 1.23 bits per heavy atom. The fourth-order valence-electron chi connectivity index (χ4n) is 1.81. The van der Waals surface area contributed by atoms with Crippen molar-refractivity contribution in [2.24, 2.45) is 0 Å². The van der Waals surface area contributed by atoms with E-state index in [1.165, 1.54) is 11.8 Å². The van der Waals surface area contributed by atoms with Crippen molar-refractivity contribution in [1.82, 2.24) is 14.3 Å². The largest absolute Gasteiger partial charge is 0.297 e. The zero-order valence-corrected chi connectivity index (χ0v) is 13.3. The highest BCUT2D eigenvalue weighted by Gasteiger charge is 2.11. The molecule has 0 saturated heterocycles. The van der Waals surface area contributed by atoms with Gasteiger partial charge in [-0.1, -0.05) is 30.3 Å². The molecule has 0 aliphatic carbocycles. The first kappa shape index (κ1) is 14.7. The van der Waals surface area contributed by atoms with Gasteiger partial charge in [-0.15, -0.1) is 11.8 Å². The summed E-state index contributed by atoms with van der Waals surface area (Å²) < 4.78 is 4.27. The van der Waals surface area contributed by atoms with Gasteiger partial charge in [0.25, 0.3) is 5.91 Å². The lowest BCUT2D eigenvalue weighted by atomic mass is 10.2. The molecule has 0 fully saturated rings. The van der Waals surface area contributed by atoms with Crippen LogP contribution in [0.4, 0.5) is 5.13 Å². The molecule has 1 N–H and O–H groups in total. The Labute approximate surface area is 136 Å². The van der Waals surface area contributed by atoms with Gasteiger partial charge in [-0.2, -0.15) is 9.36 Å². The van der Waals surface area contributed by atoms with Gasteiger partial charge in [0.1, 0.15) is 0 Å². The summed E-state index contributed by atoms with van der Waals surface area (Å²) in [6, 6.07) is 13.1. The third-order valence-corrected chi connectivity index (χ3v) is 4.16. The summed E-state index contributed by atoms with van der Waals surface area (Å²) in [5.41, 5.74) is 1.48. The van der Waals surface area contributed by atoms with E-state index < -0.39 is 0 Å². The van der Waals surface area contributed by atoms with Crippen LogP contribution in [0.5, 0.6) is 0 Å². The van der Waals surface area contributed by atoms with Crippen molar-refractivity contribution in [3.63, 3.8) is 0 Å². The minimum atomic E-state index is -0.214. The minimum absolute atomic E-state index is 0.214. The fraction of sp³-hybridized carbons (Fsp3) is 0.0667. The number of rotatable bonds is 4. The van der Waals surface area contributed by atoms with Crippen molar-refractivity contribution in [2.45, 2.75) is 5.03 Å². The number of nitrogens with zero attached hydrogens (tertiary/aromatic N) is 3. The summed E-state index contributed by atoms with van der Waals surface area (Å²) >= 11 is 2.66. The number of carbonyl (C=O) groups excluding carboxylic acids is 1. The molecule has 0 atom stereocenters. The molecule has 7 heteroatoms. The van der Waals surface area contributed by atoms with E-state index in [9.17, 15) is 4.79 Å². The highest BCUT2D eigenvalue weighted by atomic mass is 32.2. The van der Waals surface area contributed by atoms with Gasteiger partial charge in [-0.25, -0.2) is 4.98 Å². The van der Waals surface area contributed by atoms with Gasteiger partial charge in [0, 0.05) is 28.9 Å². The van der Waals surface area contributed by atoms with Crippen LogP contribution in [-0.4, -0.2) is 26.5 Å². The summed E-state index contributed by atoms with van der Waals surface area (Å²) in [6.07, 6.45) is 3.54. The van der Waals surface area contributed by atoms with Crippen molar-refractivity contribution in [1.29, 1.82) is 0 Å². The van der Waals surface area contributed by atoms with Crippen LogP contribution < -0.4 is 5.32 Å². The number of anilines is 1. The van der Waals surface area contributed by atoms with Crippen molar-refractivity contribution in [3.05, 3.63) is 54.2 Å². The Balaban J connectivity index is 1.76. The van der Waals surface area contributed by atoms with Crippen molar-refractivity contribution in [3.8, 4) is 11.4 Å². The molecule has 5 nitrogen and oxygen atoms in total. The van der Waals surface area contributed by atoms with Crippen LogP contribution in [0.1, 0.15) is 10.4 Å². The molecule has 1 amide bonds. The maximum atomic E-state index is 12.2. The maximum absolute atomic E-state index is 12.2. The molecule has 22 heavy (non-hydrogen) atoms. The zero-order valence-electron chi connectivity index (χ0n) is 11.7. The molecule has 3 rings (SSSR count). The average molecular weight is 328 g/mol. The molecular formula is C15H12N4OS2. The third kappa shape index (κ3) is 3.32. The summed E-state index contributed by atoms with van der Waals surface area (Å²) in [5, 5.41) is 4.05. The van der Waals surface area contributed by atoms with Gasteiger partial charge < -0.3 is 0 Å². The van der Waals surface area contributed by atoms with Crippen molar-refractivity contribution >= 4 is 34.3 Å². The van der Waals surface area contributed by atoms with E-state index in [0.717, 1.165) is 22.1 Å². The Bertz CT molecular complexity index is 789. The molecule has 0 aliphatic rings. The number of hydrogen-bond donors (Lipinski definition) is 1. The van der Waals surface area contributed by atoms with Gasteiger partial charge in [0.15, 0.2) is 5.82 Å². The van der Waals surface area contributed by atoms with Gasteiger partial charge in [0.05, 0.1) is 5.03 Å². The number of thioether (sulfide) groups is 1. The second kappa shape index (κ2) is 6.67. The van der Waals surface area contributed by atoms with Gasteiger partial charge in [-0.3, -0.25) is 10.1 Å². The predicted octanol–water partition coefficient (Wildman–Crippen LogP) is 3.57. The molecule has 1 aromatic carbocycles. The lowest BCUT2D eigenvalue weighted by molar-refractivity contribution is 0.102. The Kier molecular flexibility index (Phi) is 4.45. The van der Waals surface area contributed by atoms with Gasteiger partial charge in [-0.05, 0) is 18.4 Å². The second-order valence-corrected chi connectivity index (χ2v) is 5.91. The lowest BCUT2D eigenvalue weighted by Gasteiger charge is -2.02. The van der Waals surface area contributed by atoms with E-state index in [2.05, 4.69) is 19.7 Å². The molecule has 110 valence electrons. The topological polar surface area (TPSA) is 67.8 Å². The summed E-state index contributed by atoms with van der Waals surface area (Å²) in [6.45, 7) is 0. The zero-order chi connectivity index (χ0) is 15.4. The molecular weight excluding hydrogens is 316 g/mol. The molecule has 0 bridgehead atoms. The quantitative estimate of drug-likeness (QED) is 0.742. The highest BCUT2D eigenvalue weighted by Crippen LogP contribution is 2.21. The van der Waals surface area contributed by atoms with Crippen molar-refractivity contribution < 1.29 is 4.79 Å². The van der Waals surface area contributed by atoms with Gasteiger partial charge >= 0.3 is 0 Å². The molecule has 0 radical (unpaired) electrons. The second-order valence-electron chi connectivity index (χ2n) is 4.33. The average Bonchev–Trinajstić information content (AvgIpc) is 3.04. The first-order valence-corrected chi connectivity index (χ1v) is 8.46. The predicted molar refractivity (Wildman–Crippen MR) is 89.3 cm³/mol. The molecule has 0 spiro atoms. The normalized spacial score (nSPS) is 10.4. The standard InChI is InChI=1S/C15H12N4OS2/c1-21-12-9-11(7-8-16-12)14(20)18-15-17-13(19-22-15)10-5-3-2-4-6-10/h2-9H,1H3,(H,17,18,19,20). The number of carbonyl (C=O) groups is 1. The number of pyridine rings is 1. The van der Waals surface area contributed by atoms with Crippen molar-refractivity contribution in [2.75, 3.05) is 11.6 Å². The minimum Gasteiger partial charge on any atom is -0.297 e. The Morgan fingerprint density at radius 3 is 2.82 bits per heavy atom. The number of nitrogens with one attached hydrogen (secondary N) is 1. The van der Waals surface area contributed by atoms with E-state index in [1.807, 2.05) is 36.6 Å². The van der Waals surface area contributed by atoms with Crippen LogP contribution in [0.3, 0.4) is 0 Å². The Morgan fingerprint density at radius 2 is 2.05 bits per heavy atom. The summed E-state index contributed by atoms with van der Waals surface area (Å²) in [4.78, 5) is 20.7. The van der Waals surface area contributed by atoms with E-state index >= 15 is 0 Å². The van der Waals surface area contributed by atoms with E-state index in [0.29, 0.717) is 16.5 Å².